The lowest BCUT2D eigenvalue weighted by molar-refractivity contribution is -0.0580. The van der Waals surface area contributed by atoms with E-state index in [1.807, 2.05) is 7.05 Å². The molecule has 4 N–H and O–H groups in total. The smallest absolute Gasteiger partial charge is 0.317 e. The number of carbonyl (C=O) groups is 1. The number of methoxy groups -OCH3 is 1. The number of likely N-dealkylation sites (N-methyl/N-ethyl adjacent to an activating group) is 1. The highest BCUT2D eigenvalue weighted by Gasteiger charge is 2.43. The van der Waals surface area contributed by atoms with Crippen molar-refractivity contribution in [1.82, 2.24) is 15.5 Å². The summed E-state index contributed by atoms with van der Waals surface area (Å²) in [4.78, 5) is 15.1. The Bertz CT molecular complexity index is 820. The minimum absolute atomic E-state index is 0.0613. The second-order valence-electron chi connectivity index (χ2n) is 10.7. The van der Waals surface area contributed by atoms with E-state index < -0.39 is 17.2 Å². The van der Waals surface area contributed by atoms with E-state index >= 15 is 0 Å². The lowest BCUT2D eigenvalue weighted by Gasteiger charge is -2.43. The minimum atomic E-state index is -1.44. The molecule has 1 saturated carbocycles. The average Bonchev–Trinajstić information content (AvgIpc) is 2.89. The predicted molar refractivity (Wildman–Crippen MR) is 139 cm³/mol. The number of aromatic hydroxyl groups is 1. The molecule has 1 aromatic carbocycles. The summed E-state index contributed by atoms with van der Waals surface area (Å²) in [5.41, 5.74) is -1.23. The number of carbonyl (C=O) groups excluding carboxylic acids is 1. The number of rotatable bonds is 12. The van der Waals surface area contributed by atoms with Gasteiger partial charge >= 0.3 is 6.03 Å². The molecule has 0 bridgehead atoms. The van der Waals surface area contributed by atoms with E-state index in [1.54, 1.807) is 18.1 Å². The number of halogens is 1. The molecular weight excluding hydrogens is 461 g/mol. The number of urea groups is 1. The molecule has 7 nitrogen and oxygen atoms in total. The number of phenolic OH excluding ortho intramolecular Hbond substituents is 1. The Kier molecular flexibility index (Phi) is 11.3. The van der Waals surface area contributed by atoms with Crippen LogP contribution in [0, 0.1) is 17.7 Å². The monoisotopic (exact) mass is 507 g/mol. The molecule has 3 rings (SSSR count). The van der Waals surface area contributed by atoms with E-state index in [9.17, 15) is 19.4 Å². The van der Waals surface area contributed by atoms with Gasteiger partial charge in [0, 0.05) is 50.9 Å². The van der Waals surface area contributed by atoms with Crippen LogP contribution in [-0.2, 0) is 10.3 Å². The number of phenols is 1. The maximum absolute atomic E-state index is 14.3. The fourth-order valence-corrected chi connectivity index (χ4v) is 6.15. The van der Waals surface area contributed by atoms with Gasteiger partial charge in [-0.15, -0.1) is 0 Å². The van der Waals surface area contributed by atoms with Crippen LogP contribution >= 0.6 is 0 Å². The van der Waals surface area contributed by atoms with E-state index in [1.165, 1.54) is 44.2 Å². The van der Waals surface area contributed by atoms with Crippen molar-refractivity contribution in [1.29, 1.82) is 0 Å². The van der Waals surface area contributed by atoms with Gasteiger partial charge in [-0.2, -0.15) is 0 Å². The van der Waals surface area contributed by atoms with E-state index in [0.717, 1.165) is 25.8 Å². The second-order valence-corrected chi connectivity index (χ2v) is 10.7. The summed E-state index contributed by atoms with van der Waals surface area (Å²) < 4.78 is 19.4. The van der Waals surface area contributed by atoms with Crippen molar-refractivity contribution in [3.63, 3.8) is 0 Å². The van der Waals surface area contributed by atoms with Crippen molar-refractivity contribution < 1.29 is 24.1 Å². The summed E-state index contributed by atoms with van der Waals surface area (Å²) in [7, 11) is 3.55. The van der Waals surface area contributed by atoms with Crippen LogP contribution in [0.3, 0.4) is 0 Å². The maximum Gasteiger partial charge on any atom is 0.317 e. The number of nitrogens with one attached hydrogen (secondary N) is 2. The number of benzene rings is 1. The number of hydrogen-bond acceptors (Lipinski definition) is 5. The van der Waals surface area contributed by atoms with Crippen LogP contribution in [0.2, 0.25) is 0 Å². The zero-order valence-corrected chi connectivity index (χ0v) is 22.1. The molecule has 2 amide bonds. The van der Waals surface area contributed by atoms with Crippen LogP contribution in [0.15, 0.2) is 18.2 Å². The Morgan fingerprint density at radius 3 is 2.72 bits per heavy atom. The molecule has 2 aliphatic rings. The molecule has 0 radical (unpaired) electrons. The fourth-order valence-electron chi connectivity index (χ4n) is 6.15. The molecule has 36 heavy (non-hydrogen) atoms. The number of piperidine rings is 1. The number of nitrogens with zero attached hydrogens (tertiary/aromatic N) is 1. The standard InChI is InChI=1S/C28H46FN3O4/c1-30-19-23(18-21-10-4-3-5-11-21)31-27(34)32-16-9-12-22(20-32)28(35,15-6-7-17-36-2)24-13-8-14-25(29)26(24)33/h8,13-14,21-23,30,33,35H,3-7,9-12,15-20H2,1-2H3,(H,31,34)/t22-,23?,28+/m1/s1. The first-order valence-corrected chi connectivity index (χ1v) is 13.8. The van der Waals surface area contributed by atoms with Crippen LogP contribution in [-0.4, -0.2) is 67.6 Å². The van der Waals surface area contributed by atoms with Crippen molar-refractivity contribution in [2.75, 3.05) is 40.4 Å². The molecular formula is C28H46FN3O4. The van der Waals surface area contributed by atoms with Crippen molar-refractivity contribution >= 4 is 6.03 Å². The molecule has 2 fully saturated rings. The normalized spacial score (nSPS) is 21.7. The fraction of sp³-hybridized carbons (Fsp3) is 0.750. The third kappa shape index (κ3) is 7.56. The van der Waals surface area contributed by atoms with Crippen LogP contribution in [0.1, 0.15) is 76.2 Å². The highest BCUT2D eigenvalue weighted by Crippen LogP contribution is 2.43. The van der Waals surface area contributed by atoms with Gasteiger partial charge in [0.2, 0.25) is 0 Å². The van der Waals surface area contributed by atoms with Gasteiger partial charge in [0.25, 0.3) is 0 Å². The van der Waals surface area contributed by atoms with E-state index in [2.05, 4.69) is 10.6 Å². The topological polar surface area (TPSA) is 94.1 Å². The van der Waals surface area contributed by atoms with Gasteiger partial charge in [-0.25, -0.2) is 9.18 Å². The summed E-state index contributed by atoms with van der Waals surface area (Å²) in [6, 6.07) is 4.26. The number of para-hydroxylation sites is 1. The molecule has 0 spiro atoms. The summed E-state index contributed by atoms with van der Waals surface area (Å²) in [5, 5.41) is 28.9. The lowest BCUT2D eigenvalue weighted by Crippen LogP contribution is -2.54. The van der Waals surface area contributed by atoms with E-state index in [0.29, 0.717) is 44.9 Å². The predicted octanol–water partition coefficient (Wildman–Crippen LogP) is 4.52. The molecule has 204 valence electrons. The third-order valence-corrected chi connectivity index (χ3v) is 8.11. The van der Waals surface area contributed by atoms with Gasteiger partial charge in [-0.3, -0.25) is 0 Å². The number of unbranched alkanes of at least 4 members (excludes halogenated alkanes) is 1. The van der Waals surface area contributed by atoms with Gasteiger partial charge in [0.05, 0.1) is 5.60 Å². The lowest BCUT2D eigenvalue weighted by atomic mass is 9.73. The van der Waals surface area contributed by atoms with Gasteiger partial charge in [-0.05, 0) is 57.6 Å². The molecule has 1 aliphatic heterocycles. The van der Waals surface area contributed by atoms with E-state index in [-0.39, 0.29) is 23.6 Å². The zero-order chi connectivity index (χ0) is 26.0. The minimum Gasteiger partial charge on any atom is -0.505 e. The summed E-state index contributed by atoms with van der Waals surface area (Å²) in [6.45, 7) is 2.27. The number of ether oxygens (including phenoxy) is 1. The first-order valence-electron chi connectivity index (χ1n) is 13.8. The SMILES string of the molecule is CNCC(CC1CCCCC1)NC(=O)N1CCC[C@@H]([C@@](O)(CCCCOC)c2cccc(F)c2O)C1. The molecule has 8 heteroatoms. The highest BCUT2D eigenvalue weighted by atomic mass is 19.1. The summed E-state index contributed by atoms with van der Waals surface area (Å²) in [5.74, 6) is -0.909. The van der Waals surface area contributed by atoms with Crippen molar-refractivity contribution in [3.05, 3.63) is 29.6 Å². The number of hydrogen-bond donors (Lipinski definition) is 4. The van der Waals surface area contributed by atoms with E-state index in [4.69, 9.17) is 4.74 Å². The van der Waals surface area contributed by atoms with Gasteiger partial charge in [-0.1, -0.05) is 44.2 Å². The largest absolute Gasteiger partial charge is 0.505 e. The van der Waals surface area contributed by atoms with Crippen LogP contribution in [0.5, 0.6) is 5.75 Å². The van der Waals surface area contributed by atoms with Gasteiger partial charge in [0.1, 0.15) is 0 Å². The Balaban J connectivity index is 1.72. The zero-order valence-electron chi connectivity index (χ0n) is 22.1. The molecule has 1 aliphatic carbocycles. The summed E-state index contributed by atoms with van der Waals surface area (Å²) in [6.07, 6.45) is 10.5. The second kappa shape index (κ2) is 14.1. The molecule has 1 aromatic rings. The first kappa shape index (κ1) is 28.7. The Morgan fingerprint density at radius 2 is 2.00 bits per heavy atom. The molecule has 1 saturated heterocycles. The Labute approximate surface area is 215 Å². The highest BCUT2D eigenvalue weighted by molar-refractivity contribution is 5.74. The first-order chi connectivity index (χ1) is 17.4. The van der Waals surface area contributed by atoms with Gasteiger partial charge < -0.3 is 30.5 Å². The van der Waals surface area contributed by atoms with Crippen LogP contribution < -0.4 is 10.6 Å². The van der Waals surface area contributed by atoms with Gasteiger partial charge in [0.15, 0.2) is 11.6 Å². The quantitative estimate of drug-likeness (QED) is 0.312. The average molecular weight is 508 g/mol. The maximum atomic E-state index is 14.3. The molecule has 1 unspecified atom stereocenters. The Hall–Kier alpha value is -1.90. The number of likely N-dealkylation sites (tertiary alicyclic amines) is 1. The molecule has 0 aromatic heterocycles. The Morgan fingerprint density at radius 1 is 1.22 bits per heavy atom. The van der Waals surface area contributed by atoms with Crippen LogP contribution in [0.4, 0.5) is 9.18 Å². The van der Waals surface area contributed by atoms with Crippen molar-refractivity contribution in [3.8, 4) is 5.75 Å². The van der Waals surface area contributed by atoms with Crippen LogP contribution in [0.25, 0.3) is 0 Å². The number of amides is 2. The number of aliphatic hydroxyl groups is 1. The molecule has 1 heterocycles. The third-order valence-electron chi connectivity index (χ3n) is 8.11. The van der Waals surface area contributed by atoms with Crippen molar-refractivity contribution in [2.45, 2.75) is 82.3 Å². The summed E-state index contributed by atoms with van der Waals surface area (Å²) >= 11 is 0. The molecule has 3 atom stereocenters. The van der Waals surface area contributed by atoms with Crippen molar-refractivity contribution in [2.24, 2.45) is 11.8 Å².